The molecule has 2 N–H and O–H groups in total. The molecule has 0 heterocycles. The number of nitrogens with two attached hydrogens (primary N) is 1. The highest BCUT2D eigenvalue weighted by atomic mass is 35.5. The Balaban J connectivity index is 0. The zero-order valence-electron chi connectivity index (χ0n) is 7.38. The Kier molecular flexibility index (Phi) is 5.83. The van der Waals surface area contributed by atoms with Gasteiger partial charge < -0.3 is 10.2 Å². The quantitative estimate of drug-likeness (QED) is 0.676. The highest BCUT2D eigenvalue weighted by Crippen LogP contribution is 2.03. The van der Waals surface area contributed by atoms with Gasteiger partial charge in [0.05, 0.1) is 6.04 Å². The molecule has 0 bridgehead atoms. The van der Waals surface area contributed by atoms with Crippen LogP contribution in [0, 0.1) is 0 Å². The number of rotatable bonds is 2. The normalized spacial score (nSPS) is 13.2. The van der Waals surface area contributed by atoms with Crippen LogP contribution in [0.2, 0.25) is 19.6 Å². The van der Waals surface area contributed by atoms with E-state index < -0.39 is 14.4 Å². The van der Waals surface area contributed by atoms with E-state index in [9.17, 15) is 4.79 Å². The fourth-order valence-corrected chi connectivity index (χ4v) is 1.18. The first-order valence-corrected chi connectivity index (χ1v) is 6.72. The lowest BCUT2D eigenvalue weighted by Gasteiger charge is -2.18. The van der Waals surface area contributed by atoms with Gasteiger partial charge in [0, 0.05) is 0 Å². The Bertz CT molecular complexity index is 133. The Morgan fingerprint density at radius 3 is 1.91 bits per heavy atom. The Morgan fingerprint density at radius 1 is 1.45 bits per heavy atom. The van der Waals surface area contributed by atoms with Crippen molar-refractivity contribution in [3.05, 3.63) is 0 Å². The number of hydrogen-bond donors (Lipinski definition) is 1. The van der Waals surface area contributed by atoms with E-state index in [4.69, 9.17) is 10.2 Å². The fraction of sp³-hybridized carbons (Fsp3) is 0.833. The Morgan fingerprint density at radius 2 is 1.82 bits per heavy atom. The predicted octanol–water partition coefficient (Wildman–Crippen LogP) is 1.13. The van der Waals surface area contributed by atoms with E-state index in [1.807, 2.05) is 19.6 Å². The molecule has 0 saturated heterocycles. The highest BCUT2D eigenvalue weighted by Gasteiger charge is 2.21. The third-order valence-corrected chi connectivity index (χ3v) is 1.59. The summed E-state index contributed by atoms with van der Waals surface area (Å²) < 4.78 is 5.07. The summed E-state index contributed by atoms with van der Waals surface area (Å²) in [7, 11) is -1.71. The molecule has 3 nitrogen and oxygen atoms in total. The maximum Gasteiger partial charge on any atom is 0.309 e. The van der Waals surface area contributed by atoms with E-state index in [1.165, 1.54) is 0 Å². The summed E-state index contributed by atoms with van der Waals surface area (Å²) in [5.74, 6) is -0.292. The van der Waals surface area contributed by atoms with Crippen molar-refractivity contribution in [2.45, 2.75) is 32.6 Å². The summed E-state index contributed by atoms with van der Waals surface area (Å²) in [5.41, 5.74) is 5.29. The summed E-state index contributed by atoms with van der Waals surface area (Å²) in [4.78, 5) is 10.8. The lowest BCUT2D eigenvalue weighted by molar-refractivity contribution is -0.136. The molecule has 0 aliphatic heterocycles. The molecule has 68 valence electrons. The molecule has 0 rings (SSSR count). The number of carbonyl (C=O) groups excluding carboxylic acids is 1. The second-order valence-corrected chi connectivity index (χ2v) is 7.75. The zero-order valence-corrected chi connectivity index (χ0v) is 9.20. The molecule has 0 fully saturated rings. The third-order valence-electron chi connectivity index (χ3n) is 0.779. The van der Waals surface area contributed by atoms with Crippen molar-refractivity contribution in [3.8, 4) is 0 Å². The number of hydrogen-bond acceptors (Lipinski definition) is 3. The first-order valence-electron chi connectivity index (χ1n) is 3.31. The van der Waals surface area contributed by atoms with E-state index in [2.05, 4.69) is 0 Å². The third kappa shape index (κ3) is 7.84. The van der Waals surface area contributed by atoms with Gasteiger partial charge in [0.1, 0.15) is 0 Å². The summed E-state index contributed by atoms with van der Waals surface area (Å²) in [6.07, 6.45) is 0. The van der Waals surface area contributed by atoms with Gasteiger partial charge in [-0.3, -0.25) is 4.79 Å². The maximum absolute atomic E-state index is 10.8. The smallest absolute Gasteiger partial charge is 0.309 e. The first-order chi connectivity index (χ1) is 4.33. The maximum atomic E-state index is 10.8. The molecule has 1 atom stereocenters. The van der Waals surface area contributed by atoms with Gasteiger partial charge >= 0.3 is 5.97 Å². The second-order valence-electron chi connectivity index (χ2n) is 3.32. The van der Waals surface area contributed by atoms with Gasteiger partial charge in [-0.15, -0.1) is 12.4 Å². The molecule has 11 heavy (non-hydrogen) atoms. The van der Waals surface area contributed by atoms with E-state index >= 15 is 0 Å². The Labute approximate surface area is 74.8 Å². The molecule has 0 amide bonds. The van der Waals surface area contributed by atoms with Crippen LogP contribution in [0.25, 0.3) is 0 Å². The van der Waals surface area contributed by atoms with E-state index in [0.29, 0.717) is 0 Å². The van der Waals surface area contributed by atoms with Crippen LogP contribution < -0.4 is 5.73 Å². The Hall–Kier alpha value is -0.0631. The number of carbonyl (C=O) groups is 1. The minimum absolute atomic E-state index is 0. The van der Waals surface area contributed by atoms with E-state index in [0.717, 1.165) is 0 Å². The van der Waals surface area contributed by atoms with Gasteiger partial charge in [-0.05, 0) is 26.6 Å². The standard InChI is InChI=1S/C6H15NO2Si.ClH/c1-5(7)6(8)9-10(2,3)4;/h5H,7H2,1-4H3;1H/t5-;/m0./s1. The molecule has 0 unspecified atom stereocenters. The zero-order chi connectivity index (χ0) is 8.36. The van der Waals surface area contributed by atoms with Crippen LogP contribution in [0.3, 0.4) is 0 Å². The van der Waals surface area contributed by atoms with Crippen molar-refractivity contribution < 1.29 is 9.22 Å². The van der Waals surface area contributed by atoms with Crippen LogP contribution >= 0.6 is 12.4 Å². The van der Waals surface area contributed by atoms with Crippen molar-refractivity contribution in [3.63, 3.8) is 0 Å². The first kappa shape index (κ1) is 13.5. The van der Waals surface area contributed by atoms with Crippen LogP contribution in [-0.2, 0) is 9.22 Å². The average molecular weight is 198 g/mol. The molecule has 0 aromatic carbocycles. The molecule has 0 aromatic heterocycles. The average Bonchev–Trinajstić information content (AvgIpc) is 1.60. The summed E-state index contributed by atoms with van der Waals surface area (Å²) in [5, 5.41) is 0. The van der Waals surface area contributed by atoms with Crippen molar-refractivity contribution in [1.82, 2.24) is 0 Å². The summed E-state index contributed by atoms with van der Waals surface area (Å²) >= 11 is 0. The second kappa shape index (κ2) is 4.74. The topological polar surface area (TPSA) is 52.3 Å². The van der Waals surface area contributed by atoms with Gasteiger partial charge in [0.2, 0.25) is 8.32 Å². The van der Waals surface area contributed by atoms with Crippen molar-refractivity contribution in [1.29, 1.82) is 0 Å². The highest BCUT2D eigenvalue weighted by molar-refractivity contribution is 6.71. The molecular formula is C6H16ClNO2Si. The molecule has 5 heteroatoms. The fourth-order valence-electron chi connectivity index (χ4n) is 0.395. The molecular weight excluding hydrogens is 182 g/mol. The minimum Gasteiger partial charge on any atom is -0.519 e. The van der Waals surface area contributed by atoms with E-state index in [-0.39, 0.29) is 18.4 Å². The number of halogens is 1. The van der Waals surface area contributed by atoms with Gasteiger partial charge in [-0.25, -0.2) is 0 Å². The molecule has 0 aliphatic carbocycles. The monoisotopic (exact) mass is 197 g/mol. The van der Waals surface area contributed by atoms with Crippen molar-refractivity contribution >= 4 is 26.7 Å². The predicted molar refractivity (Wildman–Crippen MR) is 50.3 cm³/mol. The molecule has 0 radical (unpaired) electrons. The summed E-state index contributed by atoms with van der Waals surface area (Å²) in [6, 6.07) is -0.494. The summed E-state index contributed by atoms with van der Waals surface area (Å²) in [6.45, 7) is 7.48. The van der Waals surface area contributed by atoms with Crippen LogP contribution in [0.5, 0.6) is 0 Å². The molecule has 0 spiro atoms. The minimum atomic E-state index is -1.71. The van der Waals surface area contributed by atoms with Gasteiger partial charge in [-0.2, -0.15) is 0 Å². The molecule has 0 aliphatic rings. The van der Waals surface area contributed by atoms with Crippen LogP contribution in [0.1, 0.15) is 6.92 Å². The lowest BCUT2D eigenvalue weighted by Crippen LogP contribution is -2.37. The van der Waals surface area contributed by atoms with Crippen LogP contribution in [0.15, 0.2) is 0 Å². The largest absolute Gasteiger partial charge is 0.519 e. The van der Waals surface area contributed by atoms with Gasteiger partial charge in [0.25, 0.3) is 0 Å². The van der Waals surface area contributed by atoms with Crippen molar-refractivity contribution in [2.75, 3.05) is 0 Å². The van der Waals surface area contributed by atoms with E-state index in [1.54, 1.807) is 6.92 Å². The van der Waals surface area contributed by atoms with Crippen LogP contribution in [0.4, 0.5) is 0 Å². The SMILES string of the molecule is C[C@H](N)C(=O)O[Si](C)(C)C.Cl. The lowest BCUT2D eigenvalue weighted by atomic mass is 10.4. The van der Waals surface area contributed by atoms with Crippen molar-refractivity contribution in [2.24, 2.45) is 5.73 Å². The van der Waals surface area contributed by atoms with Gasteiger partial charge in [0.15, 0.2) is 0 Å². The molecule has 0 saturated carbocycles. The van der Waals surface area contributed by atoms with Crippen LogP contribution in [-0.4, -0.2) is 20.3 Å². The van der Waals surface area contributed by atoms with Gasteiger partial charge in [-0.1, -0.05) is 0 Å². The molecule has 0 aromatic rings.